The Kier molecular flexibility index (Phi) is 4.02. The zero-order valence-corrected chi connectivity index (χ0v) is 13.1. The van der Waals surface area contributed by atoms with E-state index in [0.717, 1.165) is 22.7 Å². The van der Waals surface area contributed by atoms with E-state index >= 15 is 0 Å². The van der Waals surface area contributed by atoms with Gasteiger partial charge in [0.25, 0.3) is 10.0 Å². The second-order valence-corrected chi connectivity index (χ2v) is 7.62. The molecule has 20 heavy (non-hydrogen) atoms. The number of nitrogen functional groups attached to an aromatic ring is 1. The van der Waals surface area contributed by atoms with Gasteiger partial charge < -0.3 is 10.5 Å². The van der Waals surface area contributed by atoms with Gasteiger partial charge in [0.15, 0.2) is 0 Å². The Labute approximate surface area is 124 Å². The van der Waals surface area contributed by atoms with Crippen LogP contribution in [0.15, 0.2) is 21.0 Å². The van der Waals surface area contributed by atoms with Crippen molar-refractivity contribution in [1.82, 2.24) is 0 Å². The van der Waals surface area contributed by atoms with Crippen molar-refractivity contribution in [2.75, 3.05) is 17.6 Å². The topological polar surface area (TPSA) is 98.5 Å². The average Bonchev–Trinajstić information content (AvgIpc) is 2.97. The zero-order chi connectivity index (χ0) is 14.9. The summed E-state index contributed by atoms with van der Waals surface area (Å²) in [6.07, 6.45) is 0. The minimum Gasteiger partial charge on any atom is -0.465 e. The Balaban J connectivity index is 2.39. The second-order valence-electron chi connectivity index (χ2n) is 3.92. The number of aryl methyl sites for hydroxylation is 1. The predicted molar refractivity (Wildman–Crippen MR) is 79.9 cm³/mol. The maximum absolute atomic E-state index is 12.2. The van der Waals surface area contributed by atoms with Gasteiger partial charge in [-0.05, 0) is 23.9 Å². The minimum absolute atomic E-state index is 0.0939. The van der Waals surface area contributed by atoms with Gasteiger partial charge in [-0.3, -0.25) is 4.72 Å². The van der Waals surface area contributed by atoms with Crippen LogP contribution in [-0.4, -0.2) is 21.5 Å². The number of hydrogen-bond acceptors (Lipinski definition) is 7. The first-order valence-electron chi connectivity index (χ1n) is 5.38. The largest absolute Gasteiger partial charge is 0.465 e. The van der Waals surface area contributed by atoms with Gasteiger partial charge in [0.2, 0.25) is 0 Å². The minimum atomic E-state index is -3.76. The van der Waals surface area contributed by atoms with Crippen molar-refractivity contribution < 1.29 is 17.9 Å². The maximum atomic E-state index is 12.2. The third-order valence-electron chi connectivity index (χ3n) is 2.44. The molecule has 108 valence electrons. The Morgan fingerprint density at radius 2 is 2.05 bits per heavy atom. The van der Waals surface area contributed by atoms with E-state index in [2.05, 4.69) is 9.46 Å². The molecular formula is C11H12N2O4S3. The first-order chi connectivity index (χ1) is 9.35. The molecule has 0 aliphatic heterocycles. The number of ether oxygens (including phenoxy) is 1. The number of hydrogen-bond donors (Lipinski definition) is 2. The molecule has 0 aliphatic carbocycles. The van der Waals surface area contributed by atoms with E-state index in [9.17, 15) is 13.2 Å². The number of carbonyl (C=O) groups excluding carboxylic acids is 1. The van der Waals surface area contributed by atoms with Crippen LogP contribution in [0.25, 0.3) is 0 Å². The molecule has 0 saturated heterocycles. The quantitative estimate of drug-likeness (QED) is 0.837. The molecule has 6 nitrogen and oxygen atoms in total. The number of methoxy groups -OCH3 is 1. The van der Waals surface area contributed by atoms with E-state index in [0.29, 0.717) is 11.3 Å². The van der Waals surface area contributed by atoms with E-state index in [1.54, 1.807) is 12.3 Å². The van der Waals surface area contributed by atoms with Crippen LogP contribution in [0.1, 0.15) is 15.2 Å². The van der Waals surface area contributed by atoms with Crippen LogP contribution in [0.2, 0.25) is 0 Å². The number of carbonyl (C=O) groups is 1. The number of sulfonamides is 1. The van der Waals surface area contributed by atoms with Crippen molar-refractivity contribution in [3.05, 3.63) is 27.3 Å². The summed E-state index contributed by atoms with van der Waals surface area (Å²) in [5, 5.41) is 3.23. The molecule has 2 rings (SSSR count). The number of thiophene rings is 2. The van der Waals surface area contributed by atoms with Crippen molar-refractivity contribution in [2.24, 2.45) is 0 Å². The molecular weight excluding hydrogens is 320 g/mol. The summed E-state index contributed by atoms with van der Waals surface area (Å²) in [5.74, 6) is -0.577. The number of anilines is 2. The summed E-state index contributed by atoms with van der Waals surface area (Å²) in [6.45, 7) is 1.71. The van der Waals surface area contributed by atoms with Crippen molar-refractivity contribution in [3.8, 4) is 0 Å². The van der Waals surface area contributed by atoms with Gasteiger partial charge in [0.05, 0.1) is 12.8 Å². The fourth-order valence-corrected chi connectivity index (χ4v) is 4.68. The molecule has 2 aromatic heterocycles. The Hall–Kier alpha value is -1.58. The van der Waals surface area contributed by atoms with Crippen molar-refractivity contribution >= 4 is 50.0 Å². The van der Waals surface area contributed by atoms with Crippen molar-refractivity contribution in [1.29, 1.82) is 0 Å². The van der Waals surface area contributed by atoms with Crippen LogP contribution in [0.4, 0.5) is 11.4 Å². The molecule has 0 radical (unpaired) electrons. The number of nitrogens with one attached hydrogen (secondary N) is 1. The van der Waals surface area contributed by atoms with E-state index in [-0.39, 0.29) is 14.8 Å². The third kappa shape index (κ3) is 2.79. The summed E-state index contributed by atoms with van der Waals surface area (Å²) in [7, 11) is -2.52. The molecule has 0 aliphatic rings. The van der Waals surface area contributed by atoms with Gasteiger partial charge in [0, 0.05) is 11.1 Å². The fraction of sp³-hybridized carbons (Fsp3) is 0.182. The van der Waals surface area contributed by atoms with Gasteiger partial charge in [-0.25, -0.2) is 13.2 Å². The molecule has 2 heterocycles. The second kappa shape index (κ2) is 5.43. The molecule has 0 amide bonds. The van der Waals surface area contributed by atoms with Crippen molar-refractivity contribution in [3.63, 3.8) is 0 Å². The summed E-state index contributed by atoms with van der Waals surface area (Å²) in [5.41, 5.74) is 6.80. The number of rotatable bonds is 4. The van der Waals surface area contributed by atoms with E-state index < -0.39 is 16.0 Å². The van der Waals surface area contributed by atoms with Gasteiger partial charge in [-0.15, -0.1) is 22.7 Å². The smallest absolute Gasteiger partial charge is 0.350 e. The lowest BCUT2D eigenvalue weighted by Crippen LogP contribution is -2.14. The van der Waals surface area contributed by atoms with Crippen LogP contribution >= 0.6 is 22.7 Å². The van der Waals surface area contributed by atoms with Crippen molar-refractivity contribution in [2.45, 2.75) is 11.1 Å². The highest BCUT2D eigenvalue weighted by molar-refractivity contribution is 7.94. The van der Waals surface area contributed by atoms with Crippen LogP contribution in [0.3, 0.4) is 0 Å². The molecule has 0 bridgehead atoms. The first-order valence-corrected chi connectivity index (χ1v) is 8.62. The highest BCUT2D eigenvalue weighted by Gasteiger charge is 2.23. The Bertz CT molecular complexity index is 746. The standard InChI is InChI=1S/C11H12N2O4S3/c1-6-4-19-10(11(14)17-2)9(6)13-20(15,16)8-3-7(12)5-18-8/h3-5,13H,12H2,1-2H3. The maximum Gasteiger partial charge on any atom is 0.350 e. The molecule has 0 atom stereocenters. The third-order valence-corrected chi connectivity index (χ3v) is 6.33. The summed E-state index contributed by atoms with van der Waals surface area (Å²) >= 11 is 2.14. The van der Waals surface area contributed by atoms with Gasteiger partial charge in [-0.1, -0.05) is 0 Å². The summed E-state index contributed by atoms with van der Waals surface area (Å²) in [6, 6.07) is 1.37. The van der Waals surface area contributed by atoms with Crippen LogP contribution < -0.4 is 10.5 Å². The van der Waals surface area contributed by atoms with E-state index in [4.69, 9.17) is 5.73 Å². The molecule has 3 N–H and O–H groups in total. The lowest BCUT2D eigenvalue weighted by atomic mass is 10.3. The Morgan fingerprint density at radius 1 is 1.35 bits per heavy atom. The Morgan fingerprint density at radius 3 is 2.60 bits per heavy atom. The highest BCUT2D eigenvalue weighted by atomic mass is 32.2. The normalized spacial score (nSPS) is 11.3. The average molecular weight is 332 g/mol. The monoisotopic (exact) mass is 332 g/mol. The van der Waals surface area contributed by atoms with Crippen LogP contribution in [0.5, 0.6) is 0 Å². The van der Waals surface area contributed by atoms with E-state index in [1.807, 2.05) is 0 Å². The molecule has 0 aromatic carbocycles. The van der Waals surface area contributed by atoms with Crippen LogP contribution in [0, 0.1) is 6.92 Å². The lowest BCUT2D eigenvalue weighted by molar-refractivity contribution is 0.0607. The molecule has 0 saturated carbocycles. The first kappa shape index (κ1) is 14.8. The molecule has 0 fully saturated rings. The summed E-state index contributed by atoms with van der Waals surface area (Å²) < 4.78 is 31.6. The van der Waals surface area contributed by atoms with Gasteiger partial charge in [0.1, 0.15) is 9.09 Å². The highest BCUT2D eigenvalue weighted by Crippen LogP contribution is 2.31. The van der Waals surface area contributed by atoms with E-state index in [1.165, 1.54) is 18.6 Å². The van der Waals surface area contributed by atoms with Gasteiger partial charge >= 0.3 is 5.97 Å². The zero-order valence-electron chi connectivity index (χ0n) is 10.7. The number of nitrogens with two attached hydrogens (primary N) is 1. The molecule has 2 aromatic rings. The van der Waals surface area contributed by atoms with Crippen LogP contribution in [-0.2, 0) is 14.8 Å². The SMILES string of the molecule is COC(=O)c1scc(C)c1NS(=O)(=O)c1cc(N)cs1. The molecule has 0 unspecified atom stereocenters. The fourth-order valence-electron chi connectivity index (χ4n) is 1.47. The number of esters is 1. The lowest BCUT2D eigenvalue weighted by Gasteiger charge is -2.08. The molecule has 9 heteroatoms. The molecule has 0 spiro atoms. The summed E-state index contributed by atoms with van der Waals surface area (Å²) in [4.78, 5) is 11.8. The predicted octanol–water partition coefficient (Wildman–Crippen LogP) is 2.29. The van der Waals surface area contributed by atoms with Gasteiger partial charge in [-0.2, -0.15) is 0 Å².